The van der Waals surface area contributed by atoms with Crippen molar-refractivity contribution >= 4 is 17.7 Å². The number of carbonyl (C=O) groups excluding carboxylic acids is 3. The van der Waals surface area contributed by atoms with Crippen LogP contribution in [0.5, 0.6) is 0 Å². The minimum absolute atomic E-state index is 0.0842. The Balaban J connectivity index is 1.73. The highest BCUT2D eigenvalue weighted by atomic mass is 16.6. The van der Waals surface area contributed by atoms with E-state index in [1.807, 2.05) is 6.92 Å². The summed E-state index contributed by atoms with van der Waals surface area (Å²) in [6.07, 6.45) is 6.49. The molecule has 4 saturated carbocycles. The number of ether oxygens (including phenoxy) is 2. The van der Waals surface area contributed by atoms with Crippen molar-refractivity contribution in [1.29, 1.82) is 0 Å². The van der Waals surface area contributed by atoms with Gasteiger partial charge in [0.25, 0.3) is 0 Å². The van der Waals surface area contributed by atoms with Crippen molar-refractivity contribution in [3.05, 3.63) is 12.2 Å². The molecule has 2 bridgehead atoms. The summed E-state index contributed by atoms with van der Waals surface area (Å²) >= 11 is 0. The smallest absolute Gasteiger partial charge is 0.312 e. The lowest BCUT2D eigenvalue weighted by Gasteiger charge is -2.63. The Morgan fingerprint density at radius 2 is 1.79 bits per heavy atom. The molecule has 0 saturated heterocycles. The molecule has 0 aliphatic heterocycles. The molecule has 1 spiro atoms. The monoisotopic (exact) mass is 402 g/mol. The van der Waals surface area contributed by atoms with Crippen LogP contribution >= 0.6 is 0 Å². The van der Waals surface area contributed by atoms with E-state index >= 15 is 0 Å². The van der Waals surface area contributed by atoms with Crippen molar-refractivity contribution in [3.63, 3.8) is 0 Å². The van der Waals surface area contributed by atoms with Crippen LogP contribution in [0.4, 0.5) is 0 Å². The second kappa shape index (κ2) is 6.42. The van der Waals surface area contributed by atoms with Crippen LogP contribution in [0.15, 0.2) is 12.2 Å². The minimum atomic E-state index is -0.818. The van der Waals surface area contributed by atoms with Crippen molar-refractivity contribution in [1.82, 2.24) is 0 Å². The maximum absolute atomic E-state index is 13.6. The first-order chi connectivity index (χ1) is 13.6. The third kappa shape index (κ3) is 2.55. The molecular formula is C24H34O5. The highest BCUT2D eigenvalue weighted by Gasteiger charge is 2.72. The maximum Gasteiger partial charge on any atom is 0.312 e. The first-order valence-corrected chi connectivity index (χ1v) is 11.2. The Morgan fingerprint density at radius 1 is 1.10 bits per heavy atom. The largest absolute Gasteiger partial charge is 0.466 e. The van der Waals surface area contributed by atoms with Crippen LogP contribution < -0.4 is 0 Å². The van der Waals surface area contributed by atoms with Gasteiger partial charge in [0.15, 0.2) is 5.78 Å². The summed E-state index contributed by atoms with van der Waals surface area (Å²) in [5, 5.41) is 0. The van der Waals surface area contributed by atoms with Crippen molar-refractivity contribution in [2.45, 2.75) is 84.7 Å². The fraction of sp³-hybridized carbons (Fsp3) is 0.792. The van der Waals surface area contributed by atoms with E-state index in [0.717, 1.165) is 38.5 Å². The molecule has 4 fully saturated rings. The van der Waals surface area contributed by atoms with Crippen LogP contribution in [0.1, 0.15) is 79.1 Å². The lowest BCUT2D eigenvalue weighted by molar-refractivity contribution is -0.195. The Kier molecular flexibility index (Phi) is 4.57. The third-order valence-electron chi connectivity index (χ3n) is 9.11. The van der Waals surface area contributed by atoms with Gasteiger partial charge in [0.1, 0.15) is 5.60 Å². The van der Waals surface area contributed by atoms with E-state index in [2.05, 4.69) is 20.4 Å². The van der Waals surface area contributed by atoms with Gasteiger partial charge in [-0.1, -0.05) is 19.9 Å². The number of esters is 2. The molecule has 0 N–H and O–H groups in total. The van der Waals surface area contributed by atoms with Gasteiger partial charge in [0.2, 0.25) is 0 Å². The van der Waals surface area contributed by atoms with Gasteiger partial charge < -0.3 is 9.47 Å². The van der Waals surface area contributed by atoms with Crippen molar-refractivity contribution in [2.75, 3.05) is 6.61 Å². The average Bonchev–Trinajstić information content (AvgIpc) is 2.79. The summed E-state index contributed by atoms with van der Waals surface area (Å²) < 4.78 is 11.2. The van der Waals surface area contributed by atoms with Gasteiger partial charge in [-0.2, -0.15) is 0 Å². The zero-order valence-corrected chi connectivity index (χ0v) is 18.3. The highest BCUT2D eigenvalue weighted by Crippen LogP contribution is 2.72. The quantitative estimate of drug-likeness (QED) is 0.517. The fourth-order valence-corrected chi connectivity index (χ4v) is 8.06. The zero-order chi connectivity index (χ0) is 21.2. The Labute approximate surface area is 173 Å². The Bertz CT molecular complexity index is 786. The van der Waals surface area contributed by atoms with Crippen LogP contribution in [0.2, 0.25) is 0 Å². The summed E-state index contributed by atoms with van der Waals surface area (Å²) in [7, 11) is 0. The molecule has 160 valence electrons. The maximum atomic E-state index is 13.6. The van der Waals surface area contributed by atoms with Crippen molar-refractivity contribution < 1.29 is 23.9 Å². The normalized spacial score (nSPS) is 45.9. The number of fused-ring (bicyclic) bond motifs is 3. The molecule has 4 aliphatic carbocycles. The molecule has 0 unspecified atom stereocenters. The van der Waals surface area contributed by atoms with Gasteiger partial charge in [-0.15, -0.1) is 0 Å². The van der Waals surface area contributed by atoms with Crippen molar-refractivity contribution in [3.8, 4) is 0 Å². The van der Waals surface area contributed by atoms with Crippen LogP contribution in [0.25, 0.3) is 0 Å². The number of Topliss-reactive ketones (excluding diaryl/α,β-unsaturated/α-hetero) is 1. The Morgan fingerprint density at radius 3 is 2.45 bits per heavy atom. The molecule has 0 aromatic heterocycles. The fourth-order valence-electron chi connectivity index (χ4n) is 8.06. The van der Waals surface area contributed by atoms with Gasteiger partial charge >= 0.3 is 11.9 Å². The van der Waals surface area contributed by atoms with E-state index in [0.29, 0.717) is 25.0 Å². The van der Waals surface area contributed by atoms with E-state index in [1.54, 1.807) is 0 Å². The van der Waals surface area contributed by atoms with Gasteiger partial charge in [-0.3, -0.25) is 14.4 Å². The summed E-state index contributed by atoms with van der Waals surface area (Å²) in [6, 6.07) is 0. The van der Waals surface area contributed by atoms with Crippen LogP contribution in [-0.4, -0.2) is 29.9 Å². The molecule has 4 aliphatic rings. The SMILES string of the molecule is C=C1C(=O)[C@@]23CC[C@H]4[C@@](C)(CCC[C@@]4(C)C(=O)OCC)[C@@H]2CC[C@@]1(OC(C)=O)C3. The standard InChI is InChI=1S/C24H34O5/c1-6-28-20(27)22(5)11-7-10-21(4)17(22)8-12-23-14-24(29-16(3)25,13-9-18(21)23)15(2)19(23)26/h17-18H,2,6-14H2,1,3-5H3/t17-,18-,21+,22+,23+,24+/m0/s1. The zero-order valence-electron chi connectivity index (χ0n) is 18.3. The lowest BCUT2D eigenvalue weighted by Crippen LogP contribution is -2.60. The number of hydrogen-bond acceptors (Lipinski definition) is 5. The molecule has 0 heterocycles. The second-order valence-electron chi connectivity index (χ2n) is 10.4. The third-order valence-corrected chi connectivity index (χ3v) is 9.11. The molecule has 0 aromatic rings. The molecule has 5 heteroatoms. The predicted molar refractivity (Wildman–Crippen MR) is 108 cm³/mol. The molecule has 6 atom stereocenters. The first kappa shape index (κ1) is 20.6. The summed E-state index contributed by atoms with van der Waals surface area (Å²) in [5.41, 5.74) is -1.42. The molecular weight excluding hydrogens is 368 g/mol. The molecule has 0 aromatic carbocycles. The first-order valence-electron chi connectivity index (χ1n) is 11.2. The van der Waals surface area contributed by atoms with E-state index in [-0.39, 0.29) is 35.0 Å². The van der Waals surface area contributed by atoms with Gasteiger partial charge in [-0.25, -0.2) is 0 Å². The van der Waals surface area contributed by atoms with E-state index in [9.17, 15) is 14.4 Å². The van der Waals surface area contributed by atoms with E-state index in [4.69, 9.17) is 9.47 Å². The lowest BCUT2D eigenvalue weighted by atomic mass is 9.40. The van der Waals surface area contributed by atoms with E-state index < -0.39 is 16.4 Å². The predicted octanol–water partition coefficient (Wildman–Crippen LogP) is 4.38. The Hall–Kier alpha value is -1.65. The summed E-state index contributed by atoms with van der Waals surface area (Å²) in [4.78, 5) is 38.3. The second-order valence-corrected chi connectivity index (χ2v) is 10.4. The van der Waals surface area contributed by atoms with Gasteiger partial charge in [0, 0.05) is 24.3 Å². The van der Waals surface area contributed by atoms with Gasteiger partial charge in [-0.05, 0) is 69.6 Å². The van der Waals surface area contributed by atoms with Crippen LogP contribution in [0.3, 0.4) is 0 Å². The highest BCUT2D eigenvalue weighted by molar-refractivity contribution is 6.05. The number of carbonyl (C=O) groups is 3. The number of hydrogen-bond donors (Lipinski definition) is 0. The molecule has 29 heavy (non-hydrogen) atoms. The molecule has 0 amide bonds. The van der Waals surface area contributed by atoms with Crippen LogP contribution in [0, 0.1) is 28.1 Å². The number of ketones is 1. The molecule has 0 radical (unpaired) electrons. The minimum Gasteiger partial charge on any atom is -0.466 e. The summed E-state index contributed by atoms with van der Waals surface area (Å²) in [5.74, 6) is 0.0740. The molecule has 4 rings (SSSR count). The van der Waals surface area contributed by atoms with E-state index in [1.165, 1.54) is 6.92 Å². The molecule has 5 nitrogen and oxygen atoms in total. The number of rotatable bonds is 3. The topological polar surface area (TPSA) is 69.7 Å². The van der Waals surface area contributed by atoms with Crippen molar-refractivity contribution in [2.24, 2.45) is 28.1 Å². The van der Waals surface area contributed by atoms with Gasteiger partial charge in [0.05, 0.1) is 12.0 Å². The average molecular weight is 403 g/mol. The summed E-state index contributed by atoms with van der Waals surface area (Å²) in [6.45, 7) is 12.1. The van der Waals surface area contributed by atoms with Crippen LogP contribution in [-0.2, 0) is 23.9 Å².